The van der Waals surface area contributed by atoms with E-state index in [0.29, 0.717) is 37.6 Å². The van der Waals surface area contributed by atoms with Crippen LogP contribution < -0.4 is 20.3 Å². The van der Waals surface area contributed by atoms with Crippen LogP contribution in [0.5, 0.6) is 11.5 Å². The number of benzene rings is 2. The van der Waals surface area contributed by atoms with Gasteiger partial charge >= 0.3 is 0 Å². The van der Waals surface area contributed by atoms with Gasteiger partial charge in [-0.05, 0) is 54.7 Å². The molecule has 1 amide bonds. The maximum Gasteiger partial charge on any atom is 0.261 e. The topological polar surface area (TPSA) is 80.4 Å². The molecule has 1 atom stereocenters. The molecule has 4 rings (SSSR count). The lowest BCUT2D eigenvalue weighted by molar-refractivity contribution is 0.0934. The van der Waals surface area contributed by atoms with Crippen LogP contribution in [0.25, 0.3) is 0 Å². The van der Waals surface area contributed by atoms with E-state index in [1.165, 1.54) is 0 Å². The van der Waals surface area contributed by atoms with E-state index in [1.54, 1.807) is 6.07 Å². The van der Waals surface area contributed by atoms with E-state index in [9.17, 15) is 9.59 Å². The normalized spacial score (nSPS) is 13.5. The lowest BCUT2D eigenvalue weighted by Gasteiger charge is -2.23. The zero-order chi connectivity index (χ0) is 21.8. The number of aromatic amines is 1. The predicted octanol–water partition coefficient (Wildman–Crippen LogP) is 3.73. The molecule has 0 spiro atoms. The summed E-state index contributed by atoms with van der Waals surface area (Å²) in [6, 6.07) is 16.9. The number of aryl methyl sites for hydroxylation is 2. The molecular weight excluding hydrogens is 392 g/mol. The Labute approximate surface area is 181 Å². The molecular formula is C25H26N2O4. The van der Waals surface area contributed by atoms with Crippen molar-refractivity contribution >= 4 is 5.91 Å². The van der Waals surface area contributed by atoms with Crippen molar-refractivity contribution in [2.75, 3.05) is 13.2 Å². The highest BCUT2D eigenvalue weighted by Crippen LogP contribution is 2.33. The van der Waals surface area contributed by atoms with Gasteiger partial charge in [-0.2, -0.15) is 0 Å². The van der Waals surface area contributed by atoms with Gasteiger partial charge in [-0.15, -0.1) is 0 Å². The van der Waals surface area contributed by atoms with Crippen molar-refractivity contribution in [2.24, 2.45) is 0 Å². The van der Waals surface area contributed by atoms with Crippen molar-refractivity contribution < 1.29 is 14.3 Å². The van der Waals surface area contributed by atoms with Crippen molar-refractivity contribution in [2.45, 2.75) is 32.7 Å². The largest absolute Gasteiger partial charge is 0.486 e. The summed E-state index contributed by atoms with van der Waals surface area (Å²) in [5.74, 6) is 0.960. The molecule has 2 N–H and O–H groups in total. The second-order valence-corrected chi connectivity index (χ2v) is 7.65. The highest BCUT2D eigenvalue weighted by molar-refractivity contribution is 5.94. The van der Waals surface area contributed by atoms with Gasteiger partial charge in [0.15, 0.2) is 11.5 Å². The van der Waals surface area contributed by atoms with Gasteiger partial charge in [0.2, 0.25) is 0 Å². The fraction of sp³-hybridized carbons (Fsp3) is 0.280. The lowest BCUT2D eigenvalue weighted by atomic mass is 9.97. The van der Waals surface area contributed by atoms with Gasteiger partial charge < -0.3 is 19.8 Å². The number of hydrogen-bond acceptors (Lipinski definition) is 4. The first-order valence-corrected chi connectivity index (χ1v) is 10.5. The average molecular weight is 418 g/mol. The standard InChI is InChI=1S/C25H26N2O4/c1-3-20-16(2)13-19(24(28)26-20)25(29)27-21(14-17-7-5-4-6-8-17)18-9-10-22-23(15-18)31-12-11-30-22/h4-10,13,15,21H,3,11-12,14H2,1-2H3,(H,26,28)(H,27,29)/t21-/m1/s1. The second kappa shape index (κ2) is 9.08. The van der Waals surface area contributed by atoms with Gasteiger partial charge in [0.05, 0.1) is 6.04 Å². The monoisotopic (exact) mass is 418 g/mol. The molecule has 0 saturated heterocycles. The van der Waals surface area contributed by atoms with E-state index in [-0.39, 0.29) is 17.2 Å². The van der Waals surface area contributed by atoms with E-state index in [2.05, 4.69) is 10.3 Å². The van der Waals surface area contributed by atoms with E-state index in [4.69, 9.17) is 9.47 Å². The zero-order valence-corrected chi connectivity index (χ0v) is 17.7. The Morgan fingerprint density at radius 2 is 1.81 bits per heavy atom. The third-order valence-electron chi connectivity index (χ3n) is 5.50. The van der Waals surface area contributed by atoms with Gasteiger partial charge in [-0.1, -0.05) is 43.3 Å². The number of amides is 1. The van der Waals surface area contributed by atoms with Gasteiger partial charge in [0, 0.05) is 5.69 Å². The quantitative estimate of drug-likeness (QED) is 0.639. The molecule has 0 fully saturated rings. The first kappa shape index (κ1) is 20.7. The number of hydrogen-bond donors (Lipinski definition) is 2. The molecule has 0 radical (unpaired) electrons. The number of nitrogens with one attached hydrogen (secondary N) is 2. The Bertz CT molecular complexity index is 1140. The number of fused-ring (bicyclic) bond motifs is 1. The Morgan fingerprint density at radius 3 is 2.55 bits per heavy atom. The SMILES string of the molecule is CCc1[nH]c(=O)c(C(=O)N[C@H](Cc2ccccc2)c2ccc3c(c2)OCCO3)cc1C. The highest BCUT2D eigenvalue weighted by Gasteiger charge is 2.22. The smallest absolute Gasteiger partial charge is 0.261 e. The number of rotatable bonds is 6. The Kier molecular flexibility index (Phi) is 6.07. The molecule has 6 nitrogen and oxygen atoms in total. The van der Waals surface area contributed by atoms with Crippen LogP contribution >= 0.6 is 0 Å². The minimum Gasteiger partial charge on any atom is -0.486 e. The van der Waals surface area contributed by atoms with Crippen molar-refractivity contribution in [1.29, 1.82) is 0 Å². The maximum atomic E-state index is 13.1. The van der Waals surface area contributed by atoms with Crippen LogP contribution in [0.15, 0.2) is 59.4 Å². The predicted molar refractivity (Wildman–Crippen MR) is 119 cm³/mol. The van der Waals surface area contributed by atoms with Gasteiger partial charge in [-0.3, -0.25) is 9.59 Å². The van der Waals surface area contributed by atoms with Crippen LogP contribution in [0, 0.1) is 6.92 Å². The van der Waals surface area contributed by atoms with Crippen molar-refractivity contribution in [3.63, 3.8) is 0 Å². The van der Waals surface area contributed by atoms with Crippen LogP contribution in [0.4, 0.5) is 0 Å². The van der Waals surface area contributed by atoms with Crippen molar-refractivity contribution in [1.82, 2.24) is 10.3 Å². The van der Waals surface area contributed by atoms with Gasteiger partial charge in [0.1, 0.15) is 18.8 Å². The first-order valence-electron chi connectivity index (χ1n) is 10.5. The van der Waals surface area contributed by atoms with Gasteiger partial charge in [0.25, 0.3) is 11.5 Å². The summed E-state index contributed by atoms with van der Waals surface area (Å²) in [6.07, 6.45) is 1.28. The Morgan fingerprint density at radius 1 is 1.06 bits per heavy atom. The summed E-state index contributed by atoms with van der Waals surface area (Å²) in [4.78, 5) is 28.4. The molecule has 2 aromatic carbocycles. The molecule has 160 valence electrons. The first-order chi connectivity index (χ1) is 15.0. The number of ether oxygens (including phenoxy) is 2. The van der Waals surface area contributed by atoms with Crippen molar-refractivity contribution in [3.05, 3.63) is 92.9 Å². The van der Waals surface area contributed by atoms with E-state index in [1.807, 2.05) is 62.4 Å². The summed E-state index contributed by atoms with van der Waals surface area (Å²) < 4.78 is 11.3. The molecule has 1 aliphatic rings. The third-order valence-corrected chi connectivity index (χ3v) is 5.50. The van der Waals surface area contributed by atoms with Crippen LogP contribution in [0.2, 0.25) is 0 Å². The number of carbonyl (C=O) groups is 1. The number of aromatic nitrogens is 1. The average Bonchev–Trinajstić information content (AvgIpc) is 2.80. The van der Waals surface area contributed by atoms with Crippen LogP contribution in [-0.2, 0) is 12.8 Å². The van der Waals surface area contributed by atoms with Crippen LogP contribution in [0.3, 0.4) is 0 Å². The fourth-order valence-electron chi connectivity index (χ4n) is 3.82. The zero-order valence-electron chi connectivity index (χ0n) is 17.7. The van der Waals surface area contributed by atoms with E-state index >= 15 is 0 Å². The number of carbonyl (C=O) groups excluding carboxylic acids is 1. The summed E-state index contributed by atoms with van der Waals surface area (Å²) in [6.45, 7) is 4.88. The van der Waals surface area contributed by atoms with Gasteiger partial charge in [-0.25, -0.2) is 0 Å². The molecule has 6 heteroatoms. The molecule has 31 heavy (non-hydrogen) atoms. The van der Waals surface area contributed by atoms with Crippen LogP contribution in [0.1, 0.15) is 45.7 Å². The number of H-pyrrole nitrogens is 1. The molecule has 0 saturated carbocycles. The highest BCUT2D eigenvalue weighted by atomic mass is 16.6. The van der Waals surface area contributed by atoms with Crippen LogP contribution in [-0.4, -0.2) is 24.1 Å². The molecule has 2 heterocycles. The molecule has 0 unspecified atom stereocenters. The third kappa shape index (κ3) is 4.63. The molecule has 1 aromatic heterocycles. The summed E-state index contributed by atoms with van der Waals surface area (Å²) >= 11 is 0. The summed E-state index contributed by atoms with van der Waals surface area (Å²) in [5.41, 5.74) is 3.44. The molecule has 0 bridgehead atoms. The summed E-state index contributed by atoms with van der Waals surface area (Å²) in [5, 5.41) is 3.06. The minimum atomic E-state index is -0.400. The Balaban J connectivity index is 1.66. The van der Waals surface area contributed by atoms with E-state index in [0.717, 1.165) is 22.4 Å². The fourth-order valence-corrected chi connectivity index (χ4v) is 3.82. The van der Waals surface area contributed by atoms with E-state index < -0.39 is 5.91 Å². The second-order valence-electron chi connectivity index (χ2n) is 7.65. The minimum absolute atomic E-state index is 0.116. The van der Waals surface area contributed by atoms with Crippen molar-refractivity contribution in [3.8, 4) is 11.5 Å². The maximum absolute atomic E-state index is 13.1. The molecule has 0 aliphatic carbocycles. The Hall–Kier alpha value is -3.54. The molecule has 3 aromatic rings. The number of pyridine rings is 1. The molecule has 1 aliphatic heterocycles. The summed E-state index contributed by atoms with van der Waals surface area (Å²) in [7, 11) is 0. The lowest BCUT2D eigenvalue weighted by Crippen LogP contribution is -2.34.